The van der Waals surface area contributed by atoms with Crippen molar-refractivity contribution in [3.05, 3.63) is 5.92 Å². The Morgan fingerprint density at radius 2 is 1.92 bits per heavy atom. The van der Waals surface area contributed by atoms with Crippen molar-refractivity contribution >= 4 is 11.8 Å². The standard InChI is InChI=1S/C9H16NO3/c1-6(2)4-8(11)7(10-3)5-9(12)13/h7,10H,4-5H2,1-3H3,(H,12,13)/t7-/m0/s1. The molecule has 0 saturated carbocycles. The maximum atomic E-state index is 11.4. The maximum Gasteiger partial charge on any atom is 0.305 e. The molecular weight excluding hydrogens is 170 g/mol. The van der Waals surface area contributed by atoms with Crippen molar-refractivity contribution in [2.45, 2.75) is 32.7 Å². The molecule has 0 saturated heterocycles. The van der Waals surface area contributed by atoms with E-state index in [0.717, 1.165) is 5.92 Å². The Morgan fingerprint density at radius 1 is 1.38 bits per heavy atom. The van der Waals surface area contributed by atoms with Crippen LogP contribution in [0.4, 0.5) is 0 Å². The van der Waals surface area contributed by atoms with E-state index in [0.29, 0.717) is 6.42 Å². The number of rotatable bonds is 6. The Bertz CT molecular complexity index is 189. The predicted molar refractivity (Wildman–Crippen MR) is 49.3 cm³/mol. The van der Waals surface area contributed by atoms with Gasteiger partial charge in [-0.05, 0) is 13.0 Å². The van der Waals surface area contributed by atoms with Crippen LogP contribution >= 0.6 is 0 Å². The van der Waals surface area contributed by atoms with Gasteiger partial charge < -0.3 is 10.4 Å². The lowest BCUT2D eigenvalue weighted by molar-refractivity contribution is -0.139. The summed E-state index contributed by atoms with van der Waals surface area (Å²) in [5.74, 6) is -0.0259. The third-order valence-corrected chi connectivity index (χ3v) is 1.64. The fourth-order valence-corrected chi connectivity index (χ4v) is 1.02. The van der Waals surface area contributed by atoms with Crippen molar-refractivity contribution in [3.8, 4) is 0 Å². The van der Waals surface area contributed by atoms with Crippen LogP contribution in [0, 0.1) is 5.92 Å². The number of carboxylic acid groups (broad SMARTS) is 1. The SMILES string of the molecule is CN[C@@H](CC(=O)O)C(=O)C[C](C)C. The normalized spacial score (nSPS) is 12.9. The van der Waals surface area contributed by atoms with Gasteiger partial charge in [0, 0.05) is 6.42 Å². The molecular formula is C9H16NO3. The summed E-state index contributed by atoms with van der Waals surface area (Å²) in [6, 6.07) is -0.563. The predicted octanol–water partition coefficient (Wildman–Crippen LogP) is 0.623. The highest BCUT2D eigenvalue weighted by Crippen LogP contribution is 2.07. The first-order valence-corrected chi connectivity index (χ1v) is 4.18. The van der Waals surface area contributed by atoms with Crippen LogP contribution in [0.15, 0.2) is 0 Å². The van der Waals surface area contributed by atoms with E-state index >= 15 is 0 Å². The summed E-state index contributed by atoms with van der Waals surface area (Å²) in [4.78, 5) is 21.7. The van der Waals surface area contributed by atoms with Gasteiger partial charge >= 0.3 is 5.97 Å². The minimum atomic E-state index is -0.957. The van der Waals surface area contributed by atoms with Gasteiger partial charge in [0.05, 0.1) is 12.5 Å². The minimum absolute atomic E-state index is 0.0649. The van der Waals surface area contributed by atoms with Crippen molar-refractivity contribution < 1.29 is 14.7 Å². The monoisotopic (exact) mass is 186 g/mol. The maximum absolute atomic E-state index is 11.4. The second-order valence-electron chi connectivity index (χ2n) is 3.29. The second kappa shape index (κ2) is 5.70. The topological polar surface area (TPSA) is 66.4 Å². The average molecular weight is 186 g/mol. The van der Waals surface area contributed by atoms with E-state index in [1.807, 2.05) is 13.8 Å². The van der Waals surface area contributed by atoms with Crippen LogP contribution in [-0.2, 0) is 9.59 Å². The smallest absolute Gasteiger partial charge is 0.305 e. The number of Topliss-reactive ketones (excluding diaryl/α,β-unsaturated/α-hetero) is 1. The number of hydrogen-bond acceptors (Lipinski definition) is 3. The second-order valence-corrected chi connectivity index (χ2v) is 3.29. The van der Waals surface area contributed by atoms with Gasteiger partial charge in [0.25, 0.3) is 0 Å². The molecule has 2 N–H and O–H groups in total. The molecule has 1 radical (unpaired) electrons. The first-order chi connectivity index (χ1) is 5.97. The highest BCUT2D eigenvalue weighted by molar-refractivity contribution is 5.88. The summed E-state index contributed by atoms with van der Waals surface area (Å²) in [5, 5.41) is 11.2. The number of aliphatic carboxylic acids is 1. The fraction of sp³-hybridized carbons (Fsp3) is 0.667. The number of likely N-dealkylation sites (N-methyl/N-ethyl adjacent to an activating group) is 1. The van der Waals surface area contributed by atoms with Gasteiger partial charge in [-0.1, -0.05) is 13.8 Å². The first-order valence-electron chi connectivity index (χ1n) is 4.18. The molecule has 75 valence electrons. The molecule has 4 heteroatoms. The molecule has 0 heterocycles. The molecule has 0 amide bonds. The largest absolute Gasteiger partial charge is 0.481 e. The summed E-state index contributed by atoms with van der Waals surface area (Å²) in [6.45, 7) is 3.71. The first kappa shape index (κ1) is 12.1. The van der Waals surface area contributed by atoms with Gasteiger partial charge in [-0.3, -0.25) is 9.59 Å². The van der Waals surface area contributed by atoms with Crippen molar-refractivity contribution in [2.24, 2.45) is 0 Å². The van der Waals surface area contributed by atoms with Gasteiger partial charge in [0.1, 0.15) is 0 Å². The van der Waals surface area contributed by atoms with Gasteiger partial charge in [-0.25, -0.2) is 0 Å². The highest BCUT2D eigenvalue weighted by Gasteiger charge is 2.19. The summed E-state index contributed by atoms with van der Waals surface area (Å²) >= 11 is 0. The quantitative estimate of drug-likeness (QED) is 0.638. The molecule has 1 atom stereocenters. The van der Waals surface area contributed by atoms with E-state index in [4.69, 9.17) is 5.11 Å². The van der Waals surface area contributed by atoms with Crippen molar-refractivity contribution in [1.82, 2.24) is 5.32 Å². The van der Waals surface area contributed by atoms with E-state index in [2.05, 4.69) is 5.32 Å². The molecule has 13 heavy (non-hydrogen) atoms. The van der Waals surface area contributed by atoms with Gasteiger partial charge in [-0.2, -0.15) is 0 Å². The number of carboxylic acids is 1. The van der Waals surface area contributed by atoms with Crippen LogP contribution in [0.1, 0.15) is 26.7 Å². The molecule has 0 rings (SSSR count). The number of carbonyl (C=O) groups is 2. The Morgan fingerprint density at radius 3 is 2.23 bits per heavy atom. The lowest BCUT2D eigenvalue weighted by atomic mass is 10.00. The lowest BCUT2D eigenvalue weighted by Gasteiger charge is -2.13. The van der Waals surface area contributed by atoms with Gasteiger partial charge in [0.2, 0.25) is 0 Å². The third kappa shape index (κ3) is 5.36. The summed E-state index contributed by atoms with van der Waals surface area (Å²) in [7, 11) is 1.59. The van der Waals surface area contributed by atoms with Crippen LogP contribution in [0.2, 0.25) is 0 Å². The Balaban J connectivity index is 4.07. The van der Waals surface area contributed by atoms with E-state index < -0.39 is 12.0 Å². The average Bonchev–Trinajstić information content (AvgIpc) is 1.98. The zero-order valence-electron chi connectivity index (χ0n) is 8.26. The zero-order valence-corrected chi connectivity index (χ0v) is 8.26. The summed E-state index contributed by atoms with van der Waals surface area (Å²) < 4.78 is 0. The molecule has 0 fully saturated rings. The van der Waals surface area contributed by atoms with Crippen LogP contribution < -0.4 is 5.32 Å². The van der Waals surface area contributed by atoms with Crippen LogP contribution in [0.25, 0.3) is 0 Å². The molecule has 4 nitrogen and oxygen atoms in total. The molecule has 0 aliphatic carbocycles. The van der Waals surface area contributed by atoms with Crippen molar-refractivity contribution in [3.63, 3.8) is 0 Å². The van der Waals surface area contributed by atoms with Crippen LogP contribution in [0.3, 0.4) is 0 Å². The molecule has 0 aliphatic heterocycles. The number of hydrogen-bond donors (Lipinski definition) is 2. The van der Waals surface area contributed by atoms with Crippen molar-refractivity contribution in [2.75, 3.05) is 7.05 Å². The summed E-state index contributed by atoms with van der Waals surface area (Å²) in [5.41, 5.74) is 0. The number of nitrogens with one attached hydrogen (secondary N) is 1. The molecule has 0 aliphatic rings. The molecule has 0 unspecified atom stereocenters. The fourth-order valence-electron chi connectivity index (χ4n) is 1.02. The number of carbonyl (C=O) groups excluding carboxylic acids is 1. The van der Waals surface area contributed by atoms with E-state index in [1.54, 1.807) is 7.05 Å². The van der Waals surface area contributed by atoms with E-state index in [-0.39, 0.29) is 12.2 Å². The zero-order chi connectivity index (χ0) is 10.4. The Labute approximate surface area is 78.3 Å². The van der Waals surface area contributed by atoms with Crippen molar-refractivity contribution in [1.29, 1.82) is 0 Å². The van der Waals surface area contributed by atoms with E-state index in [9.17, 15) is 9.59 Å². The van der Waals surface area contributed by atoms with E-state index in [1.165, 1.54) is 0 Å². The lowest BCUT2D eigenvalue weighted by Crippen LogP contribution is -2.36. The molecule has 0 aromatic carbocycles. The van der Waals surface area contributed by atoms with Crippen LogP contribution in [0.5, 0.6) is 0 Å². The Kier molecular flexibility index (Phi) is 5.30. The highest BCUT2D eigenvalue weighted by atomic mass is 16.4. The number of ketones is 1. The minimum Gasteiger partial charge on any atom is -0.481 e. The molecule has 0 aromatic heterocycles. The van der Waals surface area contributed by atoms with Crippen LogP contribution in [-0.4, -0.2) is 29.9 Å². The summed E-state index contributed by atoms with van der Waals surface area (Å²) in [6.07, 6.45) is 0.196. The molecule has 0 aromatic rings. The molecule has 0 bridgehead atoms. The third-order valence-electron chi connectivity index (χ3n) is 1.64. The molecule has 0 spiro atoms. The van der Waals surface area contributed by atoms with Gasteiger partial charge in [0.15, 0.2) is 5.78 Å². The van der Waals surface area contributed by atoms with Gasteiger partial charge in [-0.15, -0.1) is 0 Å². The Hall–Kier alpha value is -0.900.